The van der Waals surface area contributed by atoms with Gasteiger partial charge in [-0.05, 0) is 50.1 Å². The van der Waals surface area contributed by atoms with Gasteiger partial charge in [0.15, 0.2) is 0 Å². The Hall–Kier alpha value is -1.61. The van der Waals surface area contributed by atoms with Crippen LogP contribution in [0.3, 0.4) is 0 Å². The zero-order valence-electron chi connectivity index (χ0n) is 14.8. The third kappa shape index (κ3) is 12.4. The lowest BCUT2D eigenvalue weighted by Gasteiger charge is -2.19. The Kier molecular flexibility index (Phi) is 11.7. The summed E-state index contributed by atoms with van der Waals surface area (Å²) in [6, 6.07) is 10.2. The van der Waals surface area contributed by atoms with E-state index in [0.717, 1.165) is 62.8 Å². The van der Waals surface area contributed by atoms with Gasteiger partial charge in [0.25, 0.3) is 0 Å². The summed E-state index contributed by atoms with van der Waals surface area (Å²) in [5.74, 6) is -1.43. The van der Waals surface area contributed by atoms with Crippen molar-refractivity contribution in [3.8, 4) is 0 Å². The minimum absolute atomic E-state index is 0.154. The summed E-state index contributed by atoms with van der Waals surface area (Å²) in [5.41, 5.74) is 1.13. The average molecular weight is 367 g/mol. The van der Waals surface area contributed by atoms with Gasteiger partial charge in [-0.15, -0.1) is 0 Å². The molecule has 0 spiro atoms. The van der Waals surface area contributed by atoms with E-state index in [1.54, 1.807) is 0 Å². The third-order valence-corrected chi connectivity index (χ3v) is 6.51. The maximum absolute atomic E-state index is 10.6. The minimum Gasteiger partial charge on any atom is -0.481 e. The van der Waals surface area contributed by atoms with Crippen LogP contribution in [0.1, 0.15) is 51.4 Å². The van der Waals surface area contributed by atoms with E-state index in [1.165, 1.54) is 0 Å². The van der Waals surface area contributed by atoms with E-state index in [4.69, 9.17) is 10.2 Å². The van der Waals surface area contributed by atoms with Crippen LogP contribution in [0.25, 0.3) is 0 Å². The molecule has 0 aromatic heterocycles. The third-order valence-electron chi connectivity index (χ3n) is 4.01. The number of carboxylic acid groups (broad SMARTS) is 2. The topological polar surface area (TPSA) is 86.6 Å². The van der Waals surface area contributed by atoms with Crippen LogP contribution in [0.15, 0.2) is 30.3 Å². The number of anilines is 1. The van der Waals surface area contributed by atoms with Crippen molar-refractivity contribution in [1.29, 1.82) is 0 Å². The van der Waals surface area contributed by atoms with Crippen LogP contribution in [0.2, 0.25) is 0 Å². The van der Waals surface area contributed by atoms with E-state index in [1.807, 2.05) is 18.2 Å². The van der Waals surface area contributed by atoms with Crippen LogP contribution in [-0.4, -0.2) is 40.8 Å². The fraction of sp³-hybridized carbons (Fsp3) is 0.579. The van der Waals surface area contributed by atoms with Gasteiger partial charge >= 0.3 is 11.9 Å². The van der Waals surface area contributed by atoms with Crippen LogP contribution in [-0.2, 0) is 9.59 Å². The van der Waals surface area contributed by atoms with Gasteiger partial charge < -0.3 is 15.5 Å². The quantitative estimate of drug-likeness (QED) is 0.305. The predicted octanol–water partition coefficient (Wildman–Crippen LogP) is 4.83. The Labute approximate surface area is 151 Å². The number of hydrogen-bond donors (Lipinski definition) is 3. The molecule has 1 aromatic rings. The van der Waals surface area contributed by atoms with E-state index in [0.29, 0.717) is 0 Å². The normalized spacial score (nSPS) is 10.8. The largest absolute Gasteiger partial charge is 0.481 e. The zero-order valence-corrected chi connectivity index (χ0v) is 15.7. The monoisotopic (exact) mass is 367 g/mol. The predicted molar refractivity (Wildman–Crippen MR) is 104 cm³/mol. The van der Waals surface area contributed by atoms with Crippen LogP contribution in [0.5, 0.6) is 0 Å². The first-order valence-electron chi connectivity index (χ1n) is 9.03. The molecule has 0 atom stereocenters. The molecule has 1 aromatic carbocycles. The zero-order chi connectivity index (χ0) is 18.3. The van der Waals surface area contributed by atoms with Gasteiger partial charge in [-0.1, -0.05) is 39.0 Å². The van der Waals surface area contributed by atoms with Crippen molar-refractivity contribution in [1.82, 2.24) is 0 Å². The number of rotatable bonds is 15. The highest BCUT2D eigenvalue weighted by Gasteiger charge is 2.09. The van der Waals surface area contributed by atoms with Crippen molar-refractivity contribution < 1.29 is 19.8 Å². The number of unbranched alkanes of at least 4 members (excludes halogenated alkanes) is 4. The van der Waals surface area contributed by atoms with Crippen LogP contribution >= 0.6 is 7.92 Å². The molecule has 0 saturated carbocycles. The molecule has 0 saturated heterocycles. The molecule has 6 heteroatoms. The van der Waals surface area contributed by atoms with Crippen molar-refractivity contribution in [3.63, 3.8) is 0 Å². The molecule has 140 valence electrons. The summed E-state index contributed by atoms with van der Waals surface area (Å²) in [6.45, 7) is 0. The summed E-state index contributed by atoms with van der Waals surface area (Å²) in [5, 5.41) is 20.9. The van der Waals surface area contributed by atoms with Crippen molar-refractivity contribution in [2.75, 3.05) is 23.9 Å². The molecule has 0 amide bonds. The molecule has 0 aliphatic heterocycles. The molecule has 5 nitrogen and oxygen atoms in total. The second-order valence-corrected chi connectivity index (χ2v) is 8.78. The number of nitrogens with one attached hydrogen (secondary N) is 1. The lowest BCUT2D eigenvalue weighted by molar-refractivity contribution is -0.138. The molecular weight excluding hydrogens is 337 g/mol. The Morgan fingerprint density at radius 1 is 0.800 bits per heavy atom. The lowest BCUT2D eigenvalue weighted by atomic mass is 10.2. The highest BCUT2D eigenvalue weighted by atomic mass is 31.1. The van der Waals surface area contributed by atoms with Gasteiger partial charge in [-0.3, -0.25) is 9.59 Å². The fourth-order valence-corrected chi connectivity index (χ4v) is 4.89. The molecule has 0 aliphatic carbocycles. The van der Waals surface area contributed by atoms with Crippen molar-refractivity contribution in [2.24, 2.45) is 0 Å². The Balaban J connectivity index is 2.29. The first-order chi connectivity index (χ1) is 12.1. The second-order valence-electron chi connectivity index (χ2n) is 6.23. The van der Waals surface area contributed by atoms with Crippen LogP contribution in [0, 0.1) is 0 Å². The molecule has 0 fully saturated rings. The van der Waals surface area contributed by atoms with Gasteiger partial charge in [-0.25, -0.2) is 0 Å². The van der Waals surface area contributed by atoms with Crippen molar-refractivity contribution in [3.05, 3.63) is 30.3 Å². The molecule has 0 heterocycles. The molecule has 0 bridgehead atoms. The fourth-order valence-electron chi connectivity index (χ4n) is 2.61. The number of carbonyl (C=O) groups is 2. The number of aliphatic carboxylic acids is 2. The Bertz CT molecular complexity index is 471. The minimum atomic E-state index is -0.716. The molecule has 1 rings (SSSR count). The lowest BCUT2D eigenvalue weighted by Crippen LogP contribution is -2.05. The maximum Gasteiger partial charge on any atom is 0.303 e. The first kappa shape index (κ1) is 21.4. The number of para-hydroxylation sites is 1. The molecule has 0 aliphatic rings. The SMILES string of the molecule is O=C(O)CCCCCP(CCCCCC(=O)O)CNc1ccccc1. The molecule has 0 unspecified atom stereocenters. The van der Waals surface area contributed by atoms with E-state index in [9.17, 15) is 9.59 Å². The number of benzene rings is 1. The Morgan fingerprint density at radius 3 is 1.80 bits per heavy atom. The molecule has 25 heavy (non-hydrogen) atoms. The first-order valence-corrected chi connectivity index (χ1v) is 10.9. The summed E-state index contributed by atoms with van der Waals surface area (Å²) in [6.07, 6.45) is 9.37. The maximum atomic E-state index is 10.6. The highest BCUT2D eigenvalue weighted by molar-refractivity contribution is 7.57. The van der Waals surface area contributed by atoms with E-state index in [2.05, 4.69) is 17.4 Å². The highest BCUT2D eigenvalue weighted by Crippen LogP contribution is 2.38. The van der Waals surface area contributed by atoms with Crippen LogP contribution < -0.4 is 5.32 Å². The van der Waals surface area contributed by atoms with Gasteiger partial charge in [-0.2, -0.15) is 0 Å². The second kappa shape index (κ2) is 13.7. The summed E-state index contributed by atoms with van der Waals surface area (Å²) in [4.78, 5) is 21.1. The smallest absolute Gasteiger partial charge is 0.303 e. The van der Waals surface area contributed by atoms with Crippen molar-refractivity contribution >= 4 is 25.5 Å². The van der Waals surface area contributed by atoms with Crippen LogP contribution in [0.4, 0.5) is 5.69 Å². The summed E-state index contributed by atoms with van der Waals surface area (Å²) < 4.78 is 0. The summed E-state index contributed by atoms with van der Waals surface area (Å²) >= 11 is 0. The average Bonchev–Trinajstić information content (AvgIpc) is 2.58. The molecule has 0 radical (unpaired) electrons. The van der Waals surface area contributed by atoms with Gasteiger partial charge in [0, 0.05) is 24.8 Å². The summed E-state index contributed by atoms with van der Waals surface area (Å²) in [7, 11) is -0.154. The van der Waals surface area contributed by atoms with E-state index < -0.39 is 11.9 Å². The van der Waals surface area contributed by atoms with Gasteiger partial charge in [0.2, 0.25) is 0 Å². The molecular formula is C19H30NO4P. The van der Waals surface area contributed by atoms with E-state index >= 15 is 0 Å². The van der Waals surface area contributed by atoms with Gasteiger partial charge in [0.1, 0.15) is 0 Å². The number of hydrogen-bond acceptors (Lipinski definition) is 3. The Morgan fingerprint density at radius 2 is 1.32 bits per heavy atom. The standard InChI is InChI=1S/C19H30NO4P/c21-18(22)12-6-2-8-14-25(15-9-3-7-13-19(23)24)16-20-17-10-4-1-5-11-17/h1,4-5,10-11,20H,2-3,6-9,12-16H2,(H,21,22)(H,23,24). The number of carboxylic acids is 2. The molecule has 3 N–H and O–H groups in total. The van der Waals surface area contributed by atoms with Gasteiger partial charge in [0.05, 0.1) is 0 Å². The van der Waals surface area contributed by atoms with Crippen molar-refractivity contribution in [2.45, 2.75) is 51.4 Å². The van der Waals surface area contributed by atoms with E-state index in [-0.39, 0.29) is 20.8 Å².